The number of anilines is 2. The fourth-order valence-corrected chi connectivity index (χ4v) is 6.01. The number of methoxy groups -OCH3 is 1. The van der Waals surface area contributed by atoms with Gasteiger partial charge in [0.2, 0.25) is 0 Å². The van der Waals surface area contributed by atoms with Crippen molar-refractivity contribution in [3.05, 3.63) is 45.1 Å². The van der Waals surface area contributed by atoms with E-state index in [1.807, 2.05) is 24.3 Å². The van der Waals surface area contributed by atoms with Gasteiger partial charge in [-0.05, 0) is 71.8 Å². The van der Waals surface area contributed by atoms with Gasteiger partial charge < -0.3 is 19.7 Å². The van der Waals surface area contributed by atoms with E-state index in [2.05, 4.69) is 43.2 Å². The standard InChI is InChI=1S/C24H25BrCl2N4O2.ClH/c1-31-9-14-5-13(6-15(14)10-31)11-33-21-8-19-16(7-20(21)32-2)24(29-12-28-19)30-18-4-3-17(25)22(26)23(18)27;/h3-4,7-8,12-15H,5-6,9-11H2,1-2H3,(H,28,29,30);1H/t13?,14-,15+;. The first-order valence-electron chi connectivity index (χ1n) is 11.0. The third-order valence-corrected chi connectivity index (χ3v) is 8.49. The Morgan fingerprint density at radius 1 is 1.09 bits per heavy atom. The van der Waals surface area contributed by atoms with Gasteiger partial charge >= 0.3 is 0 Å². The molecule has 5 rings (SSSR count). The van der Waals surface area contributed by atoms with Gasteiger partial charge in [-0.3, -0.25) is 0 Å². The molecule has 182 valence electrons. The van der Waals surface area contributed by atoms with Crippen LogP contribution in [-0.4, -0.2) is 48.7 Å². The summed E-state index contributed by atoms with van der Waals surface area (Å²) in [5, 5.41) is 4.92. The van der Waals surface area contributed by atoms with Gasteiger partial charge in [0, 0.05) is 29.0 Å². The summed E-state index contributed by atoms with van der Waals surface area (Å²) in [5.74, 6) is 4.16. The maximum Gasteiger partial charge on any atom is 0.163 e. The number of likely N-dealkylation sites (tertiary alicyclic amines) is 1. The van der Waals surface area contributed by atoms with Crippen LogP contribution in [0.15, 0.2) is 35.1 Å². The summed E-state index contributed by atoms with van der Waals surface area (Å²) in [6.07, 6.45) is 3.99. The van der Waals surface area contributed by atoms with Crippen LogP contribution < -0.4 is 14.8 Å². The molecule has 0 spiro atoms. The monoisotopic (exact) mass is 586 g/mol. The minimum Gasteiger partial charge on any atom is -0.493 e. The van der Waals surface area contributed by atoms with E-state index in [4.69, 9.17) is 32.7 Å². The van der Waals surface area contributed by atoms with Crippen molar-refractivity contribution in [2.24, 2.45) is 17.8 Å². The lowest BCUT2D eigenvalue weighted by molar-refractivity contribution is 0.227. The number of benzene rings is 2. The second-order valence-electron chi connectivity index (χ2n) is 8.98. The summed E-state index contributed by atoms with van der Waals surface area (Å²) in [6.45, 7) is 3.11. The van der Waals surface area contributed by atoms with Crippen molar-refractivity contribution in [2.45, 2.75) is 12.8 Å². The van der Waals surface area contributed by atoms with Gasteiger partial charge in [0.15, 0.2) is 11.5 Å². The Labute approximate surface area is 223 Å². The zero-order valence-electron chi connectivity index (χ0n) is 18.9. The van der Waals surface area contributed by atoms with E-state index in [-0.39, 0.29) is 12.4 Å². The van der Waals surface area contributed by atoms with Gasteiger partial charge in [-0.1, -0.05) is 23.2 Å². The molecule has 1 aliphatic heterocycles. The number of nitrogens with zero attached hydrogens (tertiary/aromatic N) is 3. The van der Waals surface area contributed by atoms with Crippen molar-refractivity contribution >= 4 is 73.9 Å². The van der Waals surface area contributed by atoms with Gasteiger partial charge in [-0.15, -0.1) is 12.4 Å². The highest BCUT2D eigenvalue weighted by Gasteiger charge is 2.39. The lowest BCUT2D eigenvalue weighted by Gasteiger charge is -2.18. The third-order valence-electron chi connectivity index (χ3n) is 6.71. The van der Waals surface area contributed by atoms with Crippen LogP contribution in [0.4, 0.5) is 11.5 Å². The second kappa shape index (κ2) is 10.6. The van der Waals surface area contributed by atoms with Crippen LogP contribution >= 0.6 is 51.5 Å². The first-order chi connectivity index (χ1) is 15.9. The van der Waals surface area contributed by atoms with Crippen LogP contribution in [0, 0.1) is 17.8 Å². The van der Waals surface area contributed by atoms with Crippen molar-refractivity contribution in [3.63, 3.8) is 0 Å². The van der Waals surface area contributed by atoms with E-state index in [0.717, 1.165) is 27.2 Å². The predicted molar refractivity (Wildman–Crippen MR) is 143 cm³/mol. The number of hydrogen-bond donors (Lipinski definition) is 1. The predicted octanol–water partition coefficient (Wildman–Crippen LogP) is 6.84. The SMILES string of the molecule is COc1cc2c(Nc3ccc(Br)c(Cl)c3Cl)ncnc2cc1OCC1C[C@@H]2CN(C)C[C@@H]2C1.Cl. The normalized spacial score (nSPS) is 21.9. The van der Waals surface area contributed by atoms with Gasteiger partial charge in [0.05, 0.1) is 35.0 Å². The Balaban J connectivity index is 0.00000274. The number of nitrogens with one attached hydrogen (secondary N) is 1. The Morgan fingerprint density at radius 3 is 2.53 bits per heavy atom. The van der Waals surface area contributed by atoms with Crippen LogP contribution in [0.2, 0.25) is 10.0 Å². The Kier molecular flexibility index (Phi) is 7.99. The van der Waals surface area contributed by atoms with Crippen LogP contribution in [0.5, 0.6) is 11.5 Å². The average Bonchev–Trinajstić information content (AvgIpc) is 3.34. The second-order valence-corrected chi connectivity index (χ2v) is 10.6. The Hall–Kier alpha value is -1.51. The lowest BCUT2D eigenvalue weighted by Crippen LogP contribution is -2.18. The van der Waals surface area contributed by atoms with E-state index in [1.165, 1.54) is 32.3 Å². The molecule has 2 aliphatic rings. The van der Waals surface area contributed by atoms with Crippen molar-refractivity contribution < 1.29 is 9.47 Å². The number of rotatable bonds is 6. The molecule has 1 saturated carbocycles. The van der Waals surface area contributed by atoms with Gasteiger partial charge in [-0.2, -0.15) is 0 Å². The zero-order valence-corrected chi connectivity index (χ0v) is 22.8. The molecule has 1 saturated heterocycles. The van der Waals surface area contributed by atoms with Crippen molar-refractivity contribution in [2.75, 3.05) is 39.2 Å². The van der Waals surface area contributed by atoms with Crippen molar-refractivity contribution in [1.82, 2.24) is 14.9 Å². The molecule has 3 aromatic rings. The minimum absolute atomic E-state index is 0. The molecule has 0 amide bonds. The molecule has 34 heavy (non-hydrogen) atoms. The highest BCUT2D eigenvalue weighted by Crippen LogP contribution is 2.42. The first-order valence-corrected chi connectivity index (χ1v) is 12.5. The van der Waals surface area contributed by atoms with E-state index in [1.54, 1.807) is 7.11 Å². The molecule has 2 fully saturated rings. The van der Waals surface area contributed by atoms with Crippen LogP contribution in [0.3, 0.4) is 0 Å². The molecular formula is C24H26BrCl3N4O2. The highest BCUT2D eigenvalue weighted by molar-refractivity contribution is 9.10. The van der Waals surface area contributed by atoms with Crippen molar-refractivity contribution in [3.8, 4) is 11.5 Å². The molecule has 1 unspecified atom stereocenters. The number of fused-ring (bicyclic) bond motifs is 2. The summed E-state index contributed by atoms with van der Waals surface area (Å²) >= 11 is 16.1. The summed E-state index contributed by atoms with van der Waals surface area (Å²) in [4.78, 5) is 11.3. The largest absolute Gasteiger partial charge is 0.493 e. The van der Waals surface area contributed by atoms with Crippen LogP contribution in [-0.2, 0) is 0 Å². The number of hydrogen-bond acceptors (Lipinski definition) is 6. The van der Waals surface area contributed by atoms with Crippen LogP contribution in [0.1, 0.15) is 12.8 Å². The fraction of sp³-hybridized carbons (Fsp3) is 0.417. The minimum atomic E-state index is 0. The molecule has 0 bridgehead atoms. The number of ether oxygens (including phenoxy) is 2. The van der Waals surface area contributed by atoms with E-state index in [9.17, 15) is 0 Å². The van der Waals surface area contributed by atoms with Gasteiger partial charge in [-0.25, -0.2) is 9.97 Å². The molecule has 2 heterocycles. The quantitative estimate of drug-likeness (QED) is 0.318. The molecular weight excluding hydrogens is 563 g/mol. The Bertz CT molecular complexity index is 1180. The molecule has 1 aromatic heterocycles. The fourth-order valence-electron chi connectivity index (χ4n) is 5.19. The topological polar surface area (TPSA) is 59.5 Å². The number of halogens is 4. The molecule has 1 N–H and O–H groups in total. The van der Waals surface area contributed by atoms with Crippen molar-refractivity contribution in [1.29, 1.82) is 0 Å². The Morgan fingerprint density at radius 2 is 1.82 bits per heavy atom. The molecule has 1 aliphatic carbocycles. The first kappa shape index (κ1) is 25.6. The lowest BCUT2D eigenvalue weighted by atomic mass is 10.0. The maximum absolute atomic E-state index is 6.41. The molecule has 2 aromatic carbocycles. The number of aromatic nitrogens is 2. The van der Waals surface area contributed by atoms with E-state index >= 15 is 0 Å². The van der Waals surface area contributed by atoms with E-state index < -0.39 is 0 Å². The molecule has 6 nitrogen and oxygen atoms in total. The summed E-state index contributed by atoms with van der Waals surface area (Å²) in [5.41, 5.74) is 1.41. The smallest absolute Gasteiger partial charge is 0.163 e. The zero-order chi connectivity index (χ0) is 23.1. The summed E-state index contributed by atoms with van der Waals surface area (Å²) in [7, 11) is 3.86. The van der Waals surface area contributed by atoms with Crippen LogP contribution in [0.25, 0.3) is 10.9 Å². The van der Waals surface area contributed by atoms with Gasteiger partial charge in [0.25, 0.3) is 0 Å². The molecule has 0 radical (unpaired) electrons. The summed E-state index contributed by atoms with van der Waals surface area (Å²) < 4.78 is 12.6. The van der Waals surface area contributed by atoms with E-state index in [0.29, 0.717) is 45.6 Å². The van der Waals surface area contributed by atoms with Gasteiger partial charge in [0.1, 0.15) is 12.1 Å². The summed E-state index contributed by atoms with van der Waals surface area (Å²) in [6, 6.07) is 7.50. The highest BCUT2D eigenvalue weighted by atomic mass is 79.9. The molecule has 10 heteroatoms. The molecule has 3 atom stereocenters. The maximum atomic E-state index is 6.41. The third kappa shape index (κ3) is 5.05. The average molecular weight is 589 g/mol.